The zero-order valence-corrected chi connectivity index (χ0v) is 6.96. The van der Waals surface area contributed by atoms with E-state index in [0.717, 1.165) is 12.8 Å². The highest BCUT2D eigenvalue weighted by Crippen LogP contribution is 2.30. The number of benzene rings is 1. The maximum Gasteiger partial charge on any atom is 0.0936 e. The lowest BCUT2D eigenvalue weighted by Gasteiger charge is -2.10. The summed E-state index contributed by atoms with van der Waals surface area (Å²) in [6, 6.07) is 8.78. The van der Waals surface area contributed by atoms with Crippen molar-refractivity contribution in [1.82, 2.24) is 5.32 Å². The number of aliphatic hydroxyl groups excluding tert-OH is 1. The molecule has 0 amide bonds. The summed E-state index contributed by atoms with van der Waals surface area (Å²) in [6.45, 7) is 0.0685. The van der Waals surface area contributed by atoms with Crippen molar-refractivity contribution >= 4 is 0 Å². The average Bonchev–Trinajstić information content (AvgIpc) is 2.50. The maximum atomic E-state index is 8.74. The second kappa shape index (κ2) is 3.25. The predicted molar refractivity (Wildman–Crippen MR) is 47.7 cm³/mol. The van der Waals surface area contributed by atoms with Gasteiger partial charge in [0.1, 0.15) is 0 Å². The van der Waals surface area contributed by atoms with Crippen LogP contribution in [0.2, 0.25) is 0 Å². The summed E-state index contributed by atoms with van der Waals surface area (Å²) in [5.74, 6) is 0. The zero-order chi connectivity index (χ0) is 8.39. The molecule has 12 heavy (non-hydrogen) atoms. The second-order valence-electron chi connectivity index (χ2n) is 3.15. The van der Waals surface area contributed by atoms with Crippen LogP contribution in [0.4, 0.5) is 0 Å². The van der Waals surface area contributed by atoms with E-state index in [1.54, 1.807) is 0 Å². The first-order valence-corrected chi connectivity index (χ1v) is 4.34. The number of nitrogens with one attached hydrogen (secondary N) is 1. The predicted octanol–water partition coefficient (Wildman–Crippen LogP) is 1.21. The fourth-order valence-corrected chi connectivity index (χ4v) is 1.88. The third-order valence-corrected chi connectivity index (χ3v) is 2.47. The van der Waals surface area contributed by atoms with E-state index >= 15 is 0 Å². The summed E-state index contributed by atoms with van der Waals surface area (Å²) in [6.07, 6.45) is 2.24. The number of rotatable bonds is 2. The molecule has 1 aromatic carbocycles. The summed E-state index contributed by atoms with van der Waals surface area (Å²) in [5.41, 5.74) is 2.77. The summed E-state index contributed by atoms with van der Waals surface area (Å²) < 4.78 is 0. The highest BCUT2D eigenvalue weighted by molar-refractivity contribution is 5.34. The van der Waals surface area contributed by atoms with E-state index in [2.05, 4.69) is 29.6 Å². The minimum absolute atomic E-state index is 0.0685. The number of hydrogen-bond donors (Lipinski definition) is 2. The quantitative estimate of drug-likeness (QED) is 0.642. The third-order valence-electron chi connectivity index (χ3n) is 2.47. The van der Waals surface area contributed by atoms with E-state index in [1.165, 1.54) is 11.1 Å². The van der Waals surface area contributed by atoms with E-state index in [1.807, 2.05) is 0 Å². The summed E-state index contributed by atoms with van der Waals surface area (Å²) in [7, 11) is 0. The molecular formula is C10H13NO. The molecular weight excluding hydrogens is 150 g/mol. The van der Waals surface area contributed by atoms with Crippen molar-refractivity contribution in [1.29, 1.82) is 0 Å². The van der Waals surface area contributed by atoms with Gasteiger partial charge in [-0.3, -0.25) is 5.32 Å². The SMILES string of the molecule is OCNC1CCc2ccccc21. The van der Waals surface area contributed by atoms with Gasteiger partial charge in [0.2, 0.25) is 0 Å². The molecule has 0 spiro atoms. The van der Waals surface area contributed by atoms with E-state index < -0.39 is 0 Å². The first-order chi connectivity index (χ1) is 5.92. The molecule has 2 nitrogen and oxygen atoms in total. The fraction of sp³-hybridized carbons (Fsp3) is 0.400. The Kier molecular flexibility index (Phi) is 2.11. The van der Waals surface area contributed by atoms with Gasteiger partial charge in [0, 0.05) is 6.04 Å². The Balaban J connectivity index is 2.24. The number of fused-ring (bicyclic) bond motifs is 1. The minimum Gasteiger partial charge on any atom is -0.381 e. The van der Waals surface area contributed by atoms with E-state index in [0.29, 0.717) is 6.04 Å². The topological polar surface area (TPSA) is 32.3 Å². The molecule has 0 bridgehead atoms. The van der Waals surface area contributed by atoms with E-state index in [-0.39, 0.29) is 6.73 Å². The number of aryl methyl sites for hydroxylation is 1. The summed E-state index contributed by atoms with van der Waals surface area (Å²) in [5, 5.41) is 11.8. The van der Waals surface area contributed by atoms with Gasteiger partial charge in [-0.1, -0.05) is 24.3 Å². The molecule has 0 radical (unpaired) electrons. The first-order valence-electron chi connectivity index (χ1n) is 4.34. The van der Waals surface area contributed by atoms with Crippen molar-refractivity contribution in [3.63, 3.8) is 0 Å². The zero-order valence-electron chi connectivity index (χ0n) is 6.96. The smallest absolute Gasteiger partial charge is 0.0936 e. The molecule has 2 heteroatoms. The van der Waals surface area contributed by atoms with Crippen LogP contribution in [-0.2, 0) is 6.42 Å². The average molecular weight is 163 g/mol. The van der Waals surface area contributed by atoms with E-state index in [9.17, 15) is 0 Å². The van der Waals surface area contributed by atoms with Crippen molar-refractivity contribution in [3.05, 3.63) is 35.4 Å². The molecule has 1 aromatic rings. The van der Waals surface area contributed by atoms with Gasteiger partial charge in [0.25, 0.3) is 0 Å². The molecule has 0 heterocycles. The van der Waals surface area contributed by atoms with Crippen LogP contribution in [0.5, 0.6) is 0 Å². The second-order valence-corrected chi connectivity index (χ2v) is 3.15. The van der Waals surface area contributed by atoms with Crippen LogP contribution in [0, 0.1) is 0 Å². The van der Waals surface area contributed by atoms with Crippen molar-refractivity contribution in [3.8, 4) is 0 Å². The van der Waals surface area contributed by atoms with Crippen molar-refractivity contribution in [2.75, 3.05) is 6.73 Å². The molecule has 1 aliphatic carbocycles. The van der Waals surface area contributed by atoms with Crippen LogP contribution in [0.25, 0.3) is 0 Å². The van der Waals surface area contributed by atoms with Crippen molar-refractivity contribution in [2.45, 2.75) is 18.9 Å². The van der Waals surface area contributed by atoms with Gasteiger partial charge < -0.3 is 5.11 Å². The summed E-state index contributed by atoms with van der Waals surface area (Å²) in [4.78, 5) is 0. The Bertz CT molecular complexity index is 270. The Labute approximate surface area is 72.2 Å². The minimum atomic E-state index is 0.0685. The highest BCUT2D eigenvalue weighted by atomic mass is 16.3. The van der Waals surface area contributed by atoms with Gasteiger partial charge in [0.05, 0.1) is 6.73 Å². The first kappa shape index (κ1) is 7.77. The van der Waals surface area contributed by atoms with Crippen LogP contribution in [0.3, 0.4) is 0 Å². The molecule has 0 saturated carbocycles. The Morgan fingerprint density at radius 1 is 1.42 bits per heavy atom. The monoisotopic (exact) mass is 163 g/mol. The molecule has 0 aromatic heterocycles. The van der Waals surface area contributed by atoms with Crippen molar-refractivity contribution < 1.29 is 5.11 Å². The van der Waals surface area contributed by atoms with Gasteiger partial charge in [-0.05, 0) is 24.0 Å². The molecule has 1 atom stereocenters. The molecule has 0 aliphatic heterocycles. The largest absolute Gasteiger partial charge is 0.381 e. The van der Waals surface area contributed by atoms with Crippen LogP contribution >= 0.6 is 0 Å². The standard InChI is InChI=1S/C10H13NO/c12-7-11-10-6-5-8-3-1-2-4-9(8)10/h1-4,10-12H,5-7H2. The third kappa shape index (κ3) is 1.24. The lowest BCUT2D eigenvalue weighted by atomic mass is 10.1. The van der Waals surface area contributed by atoms with Gasteiger partial charge >= 0.3 is 0 Å². The molecule has 1 unspecified atom stereocenters. The van der Waals surface area contributed by atoms with Gasteiger partial charge in [-0.2, -0.15) is 0 Å². The summed E-state index contributed by atoms with van der Waals surface area (Å²) >= 11 is 0. The van der Waals surface area contributed by atoms with Crippen LogP contribution < -0.4 is 5.32 Å². The van der Waals surface area contributed by atoms with Crippen LogP contribution in [0.1, 0.15) is 23.6 Å². The Hall–Kier alpha value is -0.860. The fourth-order valence-electron chi connectivity index (χ4n) is 1.88. The molecule has 2 N–H and O–H groups in total. The van der Waals surface area contributed by atoms with Crippen molar-refractivity contribution in [2.24, 2.45) is 0 Å². The van der Waals surface area contributed by atoms with Crippen LogP contribution in [-0.4, -0.2) is 11.8 Å². The number of hydrogen-bond acceptors (Lipinski definition) is 2. The number of aliphatic hydroxyl groups is 1. The molecule has 0 fully saturated rings. The van der Waals surface area contributed by atoms with E-state index in [4.69, 9.17) is 5.11 Å². The molecule has 2 rings (SSSR count). The van der Waals surface area contributed by atoms with Gasteiger partial charge in [-0.15, -0.1) is 0 Å². The lowest BCUT2D eigenvalue weighted by Crippen LogP contribution is -2.19. The van der Waals surface area contributed by atoms with Gasteiger partial charge in [0.15, 0.2) is 0 Å². The molecule has 1 aliphatic rings. The highest BCUT2D eigenvalue weighted by Gasteiger charge is 2.20. The maximum absolute atomic E-state index is 8.74. The lowest BCUT2D eigenvalue weighted by molar-refractivity contribution is 0.241. The van der Waals surface area contributed by atoms with Gasteiger partial charge in [-0.25, -0.2) is 0 Å². The van der Waals surface area contributed by atoms with Crippen LogP contribution in [0.15, 0.2) is 24.3 Å². The Morgan fingerprint density at radius 2 is 2.25 bits per heavy atom. The molecule has 0 saturated heterocycles. The normalized spacial score (nSPS) is 20.9. The molecule has 64 valence electrons. The Morgan fingerprint density at radius 3 is 3.08 bits per heavy atom.